The lowest BCUT2D eigenvalue weighted by molar-refractivity contribution is 0.476. The van der Waals surface area contributed by atoms with Crippen LogP contribution in [0.2, 0.25) is 5.02 Å². The molecule has 2 aromatic carbocycles. The molecule has 3 aromatic rings. The van der Waals surface area contributed by atoms with Crippen LogP contribution in [0, 0.1) is 6.92 Å². The molecule has 0 saturated carbocycles. The minimum absolute atomic E-state index is 0.0160. The first-order chi connectivity index (χ1) is 8.56. The van der Waals surface area contributed by atoms with Gasteiger partial charge in [-0.2, -0.15) is 0 Å². The fourth-order valence-electron chi connectivity index (χ4n) is 2.19. The van der Waals surface area contributed by atoms with Crippen molar-refractivity contribution in [1.82, 2.24) is 0 Å². The summed E-state index contributed by atoms with van der Waals surface area (Å²) in [6.07, 6.45) is 0. The van der Waals surface area contributed by atoms with Gasteiger partial charge in [0.2, 0.25) is 0 Å². The Hall–Kier alpha value is -2.00. The summed E-state index contributed by atoms with van der Waals surface area (Å²) in [5.74, 6) is 0.0160. The van der Waals surface area contributed by atoms with E-state index < -0.39 is 0 Å². The van der Waals surface area contributed by atoms with Crippen molar-refractivity contribution in [3.05, 3.63) is 51.3 Å². The van der Waals surface area contributed by atoms with Crippen molar-refractivity contribution in [3.8, 4) is 5.75 Å². The van der Waals surface area contributed by atoms with Gasteiger partial charge >= 0.3 is 5.63 Å². The van der Waals surface area contributed by atoms with Crippen LogP contribution in [-0.4, -0.2) is 5.11 Å². The summed E-state index contributed by atoms with van der Waals surface area (Å²) in [5, 5.41) is 12.5. The number of phenols is 1. The first-order valence-electron chi connectivity index (χ1n) is 5.42. The number of benzene rings is 2. The molecule has 3 rings (SSSR count). The van der Waals surface area contributed by atoms with Crippen LogP contribution in [0.1, 0.15) is 5.56 Å². The van der Waals surface area contributed by atoms with Crippen LogP contribution in [0.3, 0.4) is 0 Å². The van der Waals surface area contributed by atoms with E-state index in [1.54, 1.807) is 18.2 Å². The Bertz CT molecular complexity index is 834. The summed E-state index contributed by atoms with van der Waals surface area (Å²) in [6, 6.07) is 8.27. The van der Waals surface area contributed by atoms with Crippen LogP contribution in [0.25, 0.3) is 21.7 Å². The van der Waals surface area contributed by atoms with E-state index in [4.69, 9.17) is 16.0 Å². The maximum atomic E-state index is 11.3. The molecule has 0 aliphatic carbocycles. The van der Waals surface area contributed by atoms with Gasteiger partial charge in [-0.05, 0) is 41.5 Å². The van der Waals surface area contributed by atoms with E-state index in [-0.39, 0.29) is 11.4 Å². The Balaban J connectivity index is 2.60. The number of hydrogen-bond donors (Lipinski definition) is 1. The largest absolute Gasteiger partial charge is 0.506 e. The van der Waals surface area contributed by atoms with Gasteiger partial charge in [0.1, 0.15) is 11.3 Å². The first-order valence-corrected chi connectivity index (χ1v) is 5.80. The fourth-order valence-corrected chi connectivity index (χ4v) is 2.36. The van der Waals surface area contributed by atoms with Gasteiger partial charge in [-0.1, -0.05) is 17.7 Å². The van der Waals surface area contributed by atoms with Gasteiger partial charge in [-0.3, -0.25) is 0 Å². The molecule has 1 aromatic heterocycles. The number of aromatic hydroxyl groups is 1. The van der Waals surface area contributed by atoms with E-state index >= 15 is 0 Å². The van der Waals surface area contributed by atoms with E-state index in [0.717, 1.165) is 21.7 Å². The van der Waals surface area contributed by atoms with E-state index in [0.29, 0.717) is 10.6 Å². The first kappa shape index (κ1) is 11.1. The van der Waals surface area contributed by atoms with Crippen LogP contribution in [-0.2, 0) is 0 Å². The average Bonchev–Trinajstić information content (AvgIpc) is 2.30. The lowest BCUT2D eigenvalue weighted by Crippen LogP contribution is -1.98. The Labute approximate surface area is 107 Å². The fraction of sp³-hybridized carbons (Fsp3) is 0.0714. The standard InChI is InChI=1S/C14H9ClO3/c1-7-4-13(17)18-12-3-2-8-5-10(15)11(16)6-9(8)14(7)12/h2-6,16H,1H3. The Morgan fingerprint density at radius 3 is 2.78 bits per heavy atom. The highest BCUT2D eigenvalue weighted by Gasteiger charge is 2.09. The van der Waals surface area contributed by atoms with Crippen molar-refractivity contribution in [3.63, 3.8) is 0 Å². The van der Waals surface area contributed by atoms with Crippen molar-refractivity contribution in [1.29, 1.82) is 0 Å². The highest BCUT2D eigenvalue weighted by Crippen LogP contribution is 2.34. The number of phenolic OH excluding ortho intramolecular Hbond substituents is 1. The predicted octanol–water partition coefficient (Wildman–Crippen LogP) is 3.61. The zero-order chi connectivity index (χ0) is 12.9. The third kappa shape index (κ3) is 1.56. The minimum atomic E-state index is -0.377. The molecule has 0 spiro atoms. The molecule has 0 atom stereocenters. The molecule has 18 heavy (non-hydrogen) atoms. The van der Waals surface area contributed by atoms with E-state index in [1.165, 1.54) is 6.07 Å². The molecule has 0 amide bonds. The molecule has 1 heterocycles. The van der Waals surface area contributed by atoms with Crippen molar-refractivity contribution in [2.24, 2.45) is 0 Å². The molecule has 0 fully saturated rings. The number of aryl methyl sites for hydroxylation is 1. The highest BCUT2D eigenvalue weighted by atomic mass is 35.5. The maximum Gasteiger partial charge on any atom is 0.336 e. The second-order valence-corrected chi connectivity index (χ2v) is 4.62. The maximum absolute atomic E-state index is 11.3. The van der Waals surface area contributed by atoms with E-state index in [9.17, 15) is 9.90 Å². The number of hydrogen-bond acceptors (Lipinski definition) is 3. The summed E-state index contributed by atoms with van der Waals surface area (Å²) in [6.45, 7) is 1.84. The smallest absolute Gasteiger partial charge is 0.336 e. The van der Waals surface area contributed by atoms with Gasteiger partial charge in [0, 0.05) is 11.5 Å². The summed E-state index contributed by atoms with van der Waals surface area (Å²) in [7, 11) is 0. The van der Waals surface area contributed by atoms with Crippen molar-refractivity contribution in [2.75, 3.05) is 0 Å². The summed E-state index contributed by atoms with van der Waals surface area (Å²) >= 11 is 5.88. The molecule has 0 radical (unpaired) electrons. The lowest BCUT2D eigenvalue weighted by atomic mass is 10.0. The lowest BCUT2D eigenvalue weighted by Gasteiger charge is -2.07. The van der Waals surface area contributed by atoms with Gasteiger partial charge in [0.25, 0.3) is 0 Å². The third-order valence-electron chi connectivity index (χ3n) is 2.99. The zero-order valence-corrected chi connectivity index (χ0v) is 10.3. The Morgan fingerprint density at radius 2 is 2.00 bits per heavy atom. The van der Waals surface area contributed by atoms with Gasteiger partial charge < -0.3 is 9.52 Å². The van der Waals surface area contributed by atoms with Gasteiger partial charge in [-0.15, -0.1) is 0 Å². The predicted molar refractivity (Wildman–Crippen MR) is 71.4 cm³/mol. The second-order valence-electron chi connectivity index (χ2n) is 4.21. The van der Waals surface area contributed by atoms with Crippen LogP contribution in [0.4, 0.5) is 0 Å². The Morgan fingerprint density at radius 1 is 1.22 bits per heavy atom. The van der Waals surface area contributed by atoms with Crippen molar-refractivity contribution >= 4 is 33.3 Å². The van der Waals surface area contributed by atoms with Gasteiger partial charge in [0.15, 0.2) is 0 Å². The SMILES string of the molecule is Cc1cc(=O)oc2ccc3cc(Cl)c(O)cc3c12. The number of fused-ring (bicyclic) bond motifs is 3. The van der Waals surface area contributed by atoms with Crippen LogP contribution < -0.4 is 5.63 Å². The second kappa shape index (κ2) is 3.75. The highest BCUT2D eigenvalue weighted by molar-refractivity contribution is 6.33. The van der Waals surface area contributed by atoms with Crippen LogP contribution in [0.15, 0.2) is 39.5 Å². The monoisotopic (exact) mass is 260 g/mol. The van der Waals surface area contributed by atoms with Gasteiger partial charge in [-0.25, -0.2) is 4.79 Å². The molecule has 3 nitrogen and oxygen atoms in total. The molecular weight excluding hydrogens is 252 g/mol. The third-order valence-corrected chi connectivity index (χ3v) is 3.29. The van der Waals surface area contributed by atoms with Crippen molar-refractivity contribution in [2.45, 2.75) is 6.92 Å². The molecule has 0 saturated heterocycles. The molecule has 0 aliphatic rings. The van der Waals surface area contributed by atoms with Crippen molar-refractivity contribution < 1.29 is 9.52 Å². The summed E-state index contributed by atoms with van der Waals surface area (Å²) < 4.78 is 5.15. The van der Waals surface area contributed by atoms with Crippen LogP contribution >= 0.6 is 11.6 Å². The minimum Gasteiger partial charge on any atom is -0.506 e. The summed E-state index contributed by atoms with van der Waals surface area (Å²) in [4.78, 5) is 11.3. The summed E-state index contributed by atoms with van der Waals surface area (Å²) in [5.41, 5.74) is 0.945. The topological polar surface area (TPSA) is 50.4 Å². The molecule has 1 N–H and O–H groups in total. The van der Waals surface area contributed by atoms with E-state index in [2.05, 4.69) is 0 Å². The van der Waals surface area contributed by atoms with E-state index in [1.807, 2.05) is 13.0 Å². The quantitative estimate of drug-likeness (QED) is 0.496. The number of halogens is 1. The molecule has 90 valence electrons. The van der Waals surface area contributed by atoms with Crippen LogP contribution in [0.5, 0.6) is 5.75 Å². The number of rotatable bonds is 0. The molecule has 0 bridgehead atoms. The molecule has 0 aliphatic heterocycles. The Kier molecular flexibility index (Phi) is 2.31. The molecule has 0 unspecified atom stereocenters. The molecular formula is C14H9ClO3. The van der Waals surface area contributed by atoms with Gasteiger partial charge in [0.05, 0.1) is 5.02 Å². The zero-order valence-electron chi connectivity index (χ0n) is 9.53. The normalized spacial score (nSPS) is 11.2. The molecule has 4 heteroatoms. The average molecular weight is 261 g/mol.